The van der Waals surface area contributed by atoms with E-state index >= 15 is 0 Å². The molecule has 4 aromatic carbocycles. The predicted molar refractivity (Wildman–Crippen MR) is 144 cm³/mol. The SMILES string of the molecule is O=C(Cc1ccc(/C=N/NC(=O)c2ccc(O)c(Cl)c2)c2ccccc12)NCCc1ccc(Cl)cc1. The Morgan fingerprint density at radius 2 is 1.67 bits per heavy atom. The number of carbonyl (C=O) groups is 2. The molecule has 6 nitrogen and oxygen atoms in total. The summed E-state index contributed by atoms with van der Waals surface area (Å²) in [4.78, 5) is 24.9. The number of carbonyl (C=O) groups excluding carboxylic acids is 2. The van der Waals surface area contributed by atoms with Gasteiger partial charge >= 0.3 is 0 Å². The Morgan fingerprint density at radius 1 is 0.917 bits per heavy atom. The van der Waals surface area contributed by atoms with Gasteiger partial charge < -0.3 is 10.4 Å². The molecular formula is C28H23Cl2N3O3. The van der Waals surface area contributed by atoms with Gasteiger partial charge in [0.25, 0.3) is 5.91 Å². The summed E-state index contributed by atoms with van der Waals surface area (Å²) in [6, 6.07) is 23.2. The molecule has 3 N–H and O–H groups in total. The molecule has 0 fully saturated rings. The Morgan fingerprint density at radius 3 is 2.42 bits per heavy atom. The zero-order valence-corrected chi connectivity index (χ0v) is 20.7. The van der Waals surface area contributed by atoms with E-state index in [1.807, 2.05) is 60.7 Å². The second-order valence-corrected chi connectivity index (χ2v) is 8.97. The third-order valence-electron chi connectivity index (χ3n) is 5.63. The molecule has 0 radical (unpaired) electrons. The zero-order chi connectivity index (χ0) is 25.5. The molecule has 0 aliphatic rings. The zero-order valence-electron chi connectivity index (χ0n) is 19.2. The number of benzene rings is 4. The largest absolute Gasteiger partial charge is 0.506 e. The number of hydrogen-bond donors (Lipinski definition) is 3. The van der Waals surface area contributed by atoms with Crippen molar-refractivity contribution >= 4 is 52.0 Å². The summed E-state index contributed by atoms with van der Waals surface area (Å²) in [5, 5.41) is 19.2. The number of amides is 2. The first-order chi connectivity index (χ1) is 17.4. The van der Waals surface area contributed by atoms with Crippen LogP contribution in [0.15, 0.2) is 84.0 Å². The molecule has 0 aliphatic carbocycles. The van der Waals surface area contributed by atoms with Gasteiger partial charge in [-0.15, -0.1) is 0 Å². The van der Waals surface area contributed by atoms with Crippen molar-refractivity contribution in [3.05, 3.63) is 111 Å². The second kappa shape index (κ2) is 11.7. The summed E-state index contributed by atoms with van der Waals surface area (Å²) in [6.45, 7) is 0.537. The van der Waals surface area contributed by atoms with Gasteiger partial charge in [0.2, 0.25) is 5.91 Å². The van der Waals surface area contributed by atoms with E-state index in [2.05, 4.69) is 15.8 Å². The maximum absolute atomic E-state index is 12.6. The van der Waals surface area contributed by atoms with Crippen molar-refractivity contribution in [2.75, 3.05) is 6.54 Å². The van der Waals surface area contributed by atoms with Crippen LogP contribution < -0.4 is 10.7 Å². The molecule has 0 bridgehead atoms. The van der Waals surface area contributed by atoms with Crippen LogP contribution in [0.2, 0.25) is 10.0 Å². The lowest BCUT2D eigenvalue weighted by Crippen LogP contribution is -2.27. The summed E-state index contributed by atoms with van der Waals surface area (Å²) in [5.41, 5.74) is 5.54. The molecule has 0 atom stereocenters. The van der Waals surface area contributed by atoms with Crippen molar-refractivity contribution in [2.45, 2.75) is 12.8 Å². The minimum atomic E-state index is -0.454. The number of aromatic hydroxyl groups is 1. The van der Waals surface area contributed by atoms with Gasteiger partial charge in [-0.1, -0.05) is 71.7 Å². The van der Waals surface area contributed by atoms with Gasteiger partial charge in [0.1, 0.15) is 5.75 Å². The highest BCUT2D eigenvalue weighted by Crippen LogP contribution is 2.24. The lowest BCUT2D eigenvalue weighted by molar-refractivity contribution is -0.120. The van der Waals surface area contributed by atoms with Crippen LogP contribution in [-0.4, -0.2) is 29.7 Å². The number of rotatable bonds is 8. The quantitative estimate of drug-likeness (QED) is 0.211. The van der Waals surface area contributed by atoms with Gasteiger partial charge in [-0.05, 0) is 58.7 Å². The van der Waals surface area contributed by atoms with Crippen LogP contribution in [-0.2, 0) is 17.6 Å². The Labute approximate surface area is 218 Å². The van der Waals surface area contributed by atoms with Crippen LogP contribution in [0, 0.1) is 0 Å². The first-order valence-electron chi connectivity index (χ1n) is 11.2. The minimum absolute atomic E-state index is 0.0599. The molecule has 0 saturated heterocycles. The van der Waals surface area contributed by atoms with Gasteiger partial charge in [-0.2, -0.15) is 5.10 Å². The molecule has 0 unspecified atom stereocenters. The van der Waals surface area contributed by atoms with Crippen LogP contribution in [0.3, 0.4) is 0 Å². The van der Waals surface area contributed by atoms with Gasteiger partial charge in [0.15, 0.2) is 0 Å². The van der Waals surface area contributed by atoms with Gasteiger partial charge in [-0.3, -0.25) is 9.59 Å². The highest BCUT2D eigenvalue weighted by molar-refractivity contribution is 6.32. The summed E-state index contributed by atoms with van der Waals surface area (Å²) in [6.07, 6.45) is 2.52. The average molecular weight is 520 g/mol. The normalized spacial score (nSPS) is 11.1. The Bertz CT molecular complexity index is 1440. The number of phenolic OH excluding ortho intramolecular Hbond substituents is 1. The Balaban J connectivity index is 1.40. The standard InChI is InChI=1S/C28H23Cl2N3O3/c29-22-10-5-18(6-11-22)13-14-31-27(35)16-19-7-8-21(24-4-2-1-3-23(19)24)17-32-33-28(36)20-9-12-26(34)25(30)15-20/h1-12,15,17,34H,13-14,16H2,(H,31,35)(H,33,36)/b32-17+. The first-order valence-corrected chi connectivity index (χ1v) is 12.0. The summed E-state index contributed by atoms with van der Waals surface area (Å²) in [7, 11) is 0. The molecule has 0 spiro atoms. The van der Waals surface area contributed by atoms with E-state index in [-0.39, 0.29) is 28.7 Å². The monoisotopic (exact) mass is 519 g/mol. The highest BCUT2D eigenvalue weighted by Gasteiger charge is 2.10. The third-order valence-corrected chi connectivity index (χ3v) is 6.18. The van der Waals surface area contributed by atoms with E-state index in [9.17, 15) is 14.7 Å². The molecule has 36 heavy (non-hydrogen) atoms. The van der Waals surface area contributed by atoms with E-state index in [0.717, 1.165) is 33.9 Å². The van der Waals surface area contributed by atoms with Crippen molar-refractivity contribution in [3.63, 3.8) is 0 Å². The van der Waals surface area contributed by atoms with Crippen LogP contribution >= 0.6 is 23.2 Å². The maximum atomic E-state index is 12.6. The third kappa shape index (κ3) is 6.42. The van der Waals surface area contributed by atoms with Gasteiger partial charge in [0.05, 0.1) is 17.7 Å². The molecule has 182 valence electrons. The van der Waals surface area contributed by atoms with Crippen LogP contribution in [0.5, 0.6) is 5.75 Å². The maximum Gasteiger partial charge on any atom is 0.271 e. The number of nitrogens with zero attached hydrogens (tertiary/aromatic N) is 1. The molecule has 2 amide bonds. The fraction of sp³-hybridized carbons (Fsp3) is 0.107. The van der Waals surface area contributed by atoms with Crippen molar-refractivity contribution in [1.29, 1.82) is 0 Å². The van der Waals surface area contributed by atoms with Crippen molar-refractivity contribution < 1.29 is 14.7 Å². The molecule has 0 aromatic heterocycles. The smallest absolute Gasteiger partial charge is 0.271 e. The topological polar surface area (TPSA) is 90.8 Å². The van der Waals surface area contributed by atoms with E-state index in [1.165, 1.54) is 18.2 Å². The number of nitrogens with one attached hydrogen (secondary N) is 2. The van der Waals surface area contributed by atoms with Crippen molar-refractivity contribution in [2.24, 2.45) is 5.10 Å². The molecule has 0 saturated carbocycles. The fourth-order valence-electron chi connectivity index (χ4n) is 3.76. The molecule has 8 heteroatoms. The summed E-state index contributed by atoms with van der Waals surface area (Å²) < 4.78 is 0. The number of halogens is 2. The lowest BCUT2D eigenvalue weighted by atomic mass is 9.98. The molecule has 4 aromatic rings. The lowest BCUT2D eigenvalue weighted by Gasteiger charge is -2.10. The minimum Gasteiger partial charge on any atom is -0.506 e. The van der Waals surface area contributed by atoms with Crippen molar-refractivity contribution in [1.82, 2.24) is 10.7 Å². The predicted octanol–water partition coefficient (Wildman–Crippen LogP) is 5.52. The number of hydrogen-bond acceptors (Lipinski definition) is 4. The van der Waals surface area contributed by atoms with E-state index in [4.69, 9.17) is 23.2 Å². The molecule has 0 aliphatic heterocycles. The number of hydrazone groups is 1. The van der Waals surface area contributed by atoms with Gasteiger partial charge in [0, 0.05) is 22.7 Å². The Hall–Kier alpha value is -3.87. The van der Waals surface area contributed by atoms with Gasteiger partial charge in [-0.25, -0.2) is 5.43 Å². The van der Waals surface area contributed by atoms with Crippen LogP contribution in [0.4, 0.5) is 0 Å². The molecule has 4 rings (SSSR count). The Kier molecular flexibility index (Phi) is 8.21. The molecule has 0 heterocycles. The highest BCUT2D eigenvalue weighted by atomic mass is 35.5. The first kappa shape index (κ1) is 25.2. The molecular weight excluding hydrogens is 497 g/mol. The average Bonchev–Trinajstić information content (AvgIpc) is 2.88. The van der Waals surface area contributed by atoms with Crippen LogP contribution in [0.25, 0.3) is 10.8 Å². The number of phenols is 1. The second-order valence-electron chi connectivity index (χ2n) is 8.13. The fourth-order valence-corrected chi connectivity index (χ4v) is 4.06. The van der Waals surface area contributed by atoms with E-state index in [0.29, 0.717) is 11.6 Å². The van der Waals surface area contributed by atoms with E-state index < -0.39 is 5.91 Å². The number of fused-ring (bicyclic) bond motifs is 1. The summed E-state index contributed by atoms with van der Waals surface area (Å²) >= 11 is 11.8. The van der Waals surface area contributed by atoms with E-state index in [1.54, 1.807) is 6.21 Å². The summed E-state index contributed by atoms with van der Waals surface area (Å²) in [5.74, 6) is -0.613. The van der Waals surface area contributed by atoms with Crippen molar-refractivity contribution in [3.8, 4) is 5.75 Å². The van der Waals surface area contributed by atoms with Crippen LogP contribution in [0.1, 0.15) is 27.0 Å².